The zero-order chi connectivity index (χ0) is 22.5. The van der Waals surface area contributed by atoms with E-state index in [2.05, 4.69) is 15.6 Å². The Balaban J connectivity index is 1.52. The van der Waals surface area contributed by atoms with Gasteiger partial charge in [-0.1, -0.05) is 30.3 Å². The molecule has 1 aromatic heterocycles. The van der Waals surface area contributed by atoms with Gasteiger partial charge in [-0.2, -0.15) is 0 Å². The summed E-state index contributed by atoms with van der Waals surface area (Å²) in [5, 5.41) is 5.82. The molecule has 0 fully saturated rings. The van der Waals surface area contributed by atoms with Crippen LogP contribution in [0.1, 0.15) is 21.7 Å². The zero-order valence-corrected chi connectivity index (χ0v) is 18.0. The van der Waals surface area contributed by atoms with Crippen LogP contribution < -0.4 is 15.4 Å². The quantitative estimate of drug-likeness (QED) is 0.467. The van der Waals surface area contributed by atoms with E-state index in [-0.39, 0.29) is 24.9 Å². The molecule has 2 amide bonds. The Labute approximate surface area is 186 Å². The van der Waals surface area contributed by atoms with Crippen LogP contribution in [0.4, 0.5) is 5.69 Å². The lowest BCUT2D eigenvalue weighted by Gasteiger charge is -2.12. The number of hydrogen-bond acceptors (Lipinski definition) is 4. The number of anilines is 1. The first kappa shape index (κ1) is 21.1. The summed E-state index contributed by atoms with van der Waals surface area (Å²) in [5.74, 6) is 0.961. The molecule has 0 saturated heterocycles. The van der Waals surface area contributed by atoms with Gasteiger partial charge < -0.3 is 19.9 Å². The Morgan fingerprint density at radius 2 is 1.69 bits per heavy atom. The van der Waals surface area contributed by atoms with Crippen LogP contribution in [0.3, 0.4) is 0 Å². The summed E-state index contributed by atoms with van der Waals surface area (Å²) in [5.41, 5.74) is 3.79. The van der Waals surface area contributed by atoms with Gasteiger partial charge in [0, 0.05) is 11.3 Å². The van der Waals surface area contributed by atoms with Crippen molar-refractivity contribution in [2.45, 2.75) is 20.0 Å². The molecule has 0 aliphatic heterocycles. The number of fused-ring (bicyclic) bond motifs is 1. The maximum Gasteiger partial charge on any atom is 0.251 e. The fourth-order valence-corrected chi connectivity index (χ4v) is 3.54. The van der Waals surface area contributed by atoms with Gasteiger partial charge in [0.2, 0.25) is 5.91 Å². The minimum atomic E-state index is -0.190. The molecule has 162 valence electrons. The molecule has 0 spiro atoms. The monoisotopic (exact) mass is 428 g/mol. The van der Waals surface area contributed by atoms with Gasteiger partial charge in [-0.3, -0.25) is 9.59 Å². The van der Waals surface area contributed by atoms with E-state index in [0.29, 0.717) is 17.1 Å². The first-order valence-corrected chi connectivity index (χ1v) is 10.3. The van der Waals surface area contributed by atoms with Gasteiger partial charge in [0.1, 0.15) is 18.1 Å². The van der Waals surface area contributed by atoms with Crippen molar-refractivity contribution in [2.24, 2.45) is 0 Å². The maximum atomic E-state index is 12.8. The molecule has 1 heterocycles. The Morgan fingerprint density at radius 1 is 0.969 bits per heavy atom. The summed E-state index contributed by atoms with van der Waals surface area (Å²) in [6, 6.07) is 22.2. The second-order valence-electron chi connectivity index (χ2n) is 7.38. The summed E-state index contributed by atoms with van der Waals surface area (Å²) in [6.07, 6.45) is 0. The number of carbonyl (C=O) groups is 2. The van der Waals surface area contributed by atoms with E-state index in [1.54, 1.807) is 37.4 Å². The van der Waals surface area contributed by atoms with Crippen LogP contribution in [0.15, 0.2) is 72.8 Å². The molecule has 7 heteroatoms. The van der Waals surface area contributed by atoms with Crippen molar-refractivity contribution >= 4 is 28.5 Å². The average molecular weight is 428 g/mol. The van der Waals surface area contributed by atoms with Crippen LogP contribution in [0.2, 0.25) is 0 Å². The third kappa shape index (κ3) is 4.62. The number of hydrogen-bond donors (Lipinski definition) is 2. The normalized spacial score (nSPS) is 10.7. The fraction of sp³-hybridized carbons (Fsp3) is 0.160. The van der Waals surface area contributed by atoms with Crippen LogP contribution in [-0.4, -0.2) is 28.5 Å². The number of carbonyl (C=O) groups excluding carboxylic acids is 2. The highest BCUT2D eigenvalue weighted by Crippen LogP contribution is 2.18. The van der Waals surface area contributed by atoms with E-state index < -0.39 is 0 Å². The van der Waals surface area contributed by atoms with Gasteiger partial charge in [-0.05, 0) is 55.0 Å². The van der Waals surface area contributed by atoms with Crippen molar-refractivity contribution in [1.29, 1.82) is 0 Å². The smallest absolute Gasteiger partial charge is 0.251 e. The van der Waals surface area contributed by atoms with E-state index in [0.717, 1.165) is 22.3 Å². The van der Waals surface area contributed by atoms with Crippen molar-refractivity contribution in [1.82, 2.24) is 14.9 Å². The van der Waals surface area contributed by atoms with E-state index in [4.69, 9.17) is 4.74 Å². The van der Waals surface area contributed by atoms with Gasteiger partial charge in [0.05, 0.1) is 24.7 Å². The van der Waals surface area contributed by atoms with E-state index in [1.165, 1.54) is 0 Å². The molecule has 32 heavy (non-hydrogen) atoms. The standard InChI is InChI=1S/C25H24N4O3/c1-17-7-3-4-8-20(17)25(31)26-15-23-28-21-9-5-6-10-22(21)29(23)16-24(30)27-18-11-13-19(32-2)14-12-18/h3-14H,15-16H2,1-2H3,(H,26,31)(H,27,30). The van der Waals surface area contributed by atoms with Crippen molar-refractivity contribution in [3.8, 4) is 5.75 Å². The minimum absolute atomic E-state index is 0.0715. The number of ether oxygens (including phenoxy) is 1. The number of nitrogens with zero attached hydrogens (tertiary/aromatic N) is 2. The Morgan fingerprint density at radius 3 is 2.44 bits per heavy atom. The summed E-state index contributed by atoms with van der Waals surface area (Å²) < 4.78 is 6.97. The molecule has 0 radical (unpaired) electrons. The van der Waals surface area contributed by atoms with Crippen molar-refractivity contribution in [3.05, 3.63) is 89.7 Å². The molecule has 0 aliphatic carbocycles. The highest BCUT2D eigenvalue weighted by molar-refractivity contribution is 5.95. The molecular formula is C25H24N4O3. The number of benzene rings is 3. The van der Waals surface area contributed by atoms with Gasteiger partial charge in [-0.15, -0.1) is 0 Å². The molecule has 0 unspecified atom stereocenters. The lowest BCUT2D eigenvalue weighted by atomic mass is 10.1. The predicted octanol–water partition coefficient (Wildman–Crippen LogP) is 3.92. The molecule has 0 bridgehead atoms. The summed E-state index contributed by atoms with van der Waals surface area (Å²) in [6.45, 7) is 2.17. The van der Waals surface area contributed by atoms with Crippen molar-refractivity contribution in [2.75, 3.05) is 12.4 Å². The highest BCUT2D eigenvalue weighted by atomic mass is 16.5. The number of nitrogens with one attached hydrogen (secondary N) is 2. The molecule has 0 atom stereocenters. The number of rotatable bonds is 7. The van der Waals surface area contributed by atoms with Gasteiger partial charge in [0.15, 0.2) is 0 Å². The first-order valence-electron chi connectivity index (χ1n) is 10.3. The highest BCUT2D eigenvalue weighted by Gasteiger charge is 2.15. The van der Waals surface area contributed by atoms with E-state index >= 15 is 0 Å². The van der Waals surface area contributed by atoms with Gasteiger partial charge in [0.25, 0.3) is 5.91 Å². The topological polar surface area (TPSA) is 85.2 Å². The van der Waals surface area contributed by atoms with E-state index in [9.17, 15) is 9.59 Å². The molecule has 7 nitrogen and oxygen atoms in total. The number of imidazole rings is 1. The Kier molecular flexibility index (Phi) is 6.17. The van der Waals surface area contributed by atoms with Crippen LogP contribution in [0.25, 0.3) is 11.0 Å². The molecule has 2 N–H and O–H groups in total. The Hall–Kier alpha value is -4.13. The second-order valence-corrected chi connectivity index (χ2v) is 7.38. The average Bonchev–Trinajstić information content (AvgIpc) is 3.15. The summed E-state index contributed by atoms with van der Waals surface area (Å²) in [4.78, 5) is 30.0. The summed E-state index contributed by atoms with van der Waals surface area (Å²) in [7, 11) is 1.59. The largest absolute Gasteiger partial charge is 0.497 e. The molecule has 3 aromatic carbocycles. The molecule has 4 aromatic rings. The van der Waals surface area contributed by atoms with E-state index in [1.807, 2.05) is 54.0 Å². The molecule has 4 rings (SSSR count). The zero-order valence-electron chi connectivity index (χ0n) is 18.0. The van der Waals surface area contributed by atoms with Crippen LogP contribution in [0, 0.1) is 6.92 Å². The number of aryl methyl sites for hydroxylation is 1. The molecule has 0 saturated carbocycles. The van der Waals surface area contributed by atoms with Crippen molar-refractivity contribution < 1.29 is 14.3 Å². The SMILES string of the molecule is COc1ccc(NC(=O)Cn2c(CNC(=O)c3ccccc3C)nc3ccccc32)cc1. The van der Waals surface area contributed by atoms with Gasteiger partial charge >= 0.3 is 0 Å². The van der Waals surface area contributed by atoms with Crippen LogP contribution >= 0.6 is 0 Å². The van der Waals surface area contributed by atoms with Crippen LogP contribution in [0.5, 0.6) is 5.75 Å². The molecule has 0 aliphatic rings. The second kappa shape index (κ2) is 9.34. The molecular weight excluding hydrogens is 404 g/mol. The number of methoxy groups -OCH3 is 1. The lowest BCUT2D eigenvalue weighted by Crippen LogP contribution is -2.27. The van der Waals surface area contributed by atoms with Gasteiger partial charge in [-0.25, -0.2) is 4.98 Å². The maximum absolute atomic E-state index is 12.8. The minimum Gasteiger partial charge on any atom is -0.497 e. The first-order chi connectivity index (χ1) is 15.5. The number of para-hydroxylation sites is 2. The predicted molar refractivity (Wildman–Crippen MR) is 124 cm³/mol. The number of amides is 2. The lowest BCUT2D eigenvalue weighted by molar-refractivity contribution is -0.116. The third-order valence-corrected chi connectivity index (χ3v) is 5.21. The van der Waals surface area contributed by atoms with Crippen molar-refractivity contribution in [3.63, 3.8) is 0 Å². The Bertz CT molecular complexity index is 1260. The fourth-order valence-electron chi connectivity index (χ4n) is 3.54. The number of aromatic nitrogens is 2. The summed E-state index contributed by atoms with van der Waals surface area (Å²) >= 11 is 0. The third-order valence-electron chi connectivity index (χ3n) is 5.21. The van der Waals surface area contributed by atoms with Crippen LogP contribution in [-0.2, 0) is 17.9 Å².